The normalized spacial score (nSPS) is 13.2. The average Bonchev–Trinajstić information content (AvgIpc) is 2.05. The summed E-state index contributed by atoms with van der Waals surface area (Å²) in [6.07, 6.45) is 6.48. The molecule has 0 saturated heterocycles. The Labute approximate surface area is 59.7 Å². The molecule has 10 heavy (non-hydrogen) atoms. The second kappa shape index (κ2) is 2.10. The lowest BCUT2D eigenvalue weighted by Crippen LogP contribution is -1.95. The zero-order chi connectivity index (χ0) is 6.81. The van der Waals surface area contributed by atoms with Crippen LogP contribution in [0.15, 0.2) is 24.3 Å². The van der Waals surface area contributed by atoms with E-state index >= 15 is 0 Å². The van der Waals surface area contributed by atoms with Gasteiger partial charge in [-0.1, -0.05) is 18.2 Å². The highest BCUT2D eigenvalue weighted by molar-refractivity contribution is 5.86. The van der Waals surface area contributed by atoms with E-state index in [1.165, 1.54) is 11.1 Å². The van der Waals surface area contributed by atoms with Crippen LogP contribution in [0.1, 0.15) is 11.1 Å². The molecule has 0 amide bonds. The monoisotopic (exact) mass is 128 g/mol. The molecule has 0 aliphatic carbocycles. The van der Waals surface area contributed by atoms with Crippen molar-refractivity contribution in [2.75, 3.05) is 0 Å². The van der Waals surface area contributed by atoms with Crippen LogP contribution >= 0.6 is 0 Å². The van der Waals surface area contributed by atoms with E-state index in [9.17, 15) is 0 Å². The summed E-state index contributed by atoms with van der Waals surface area (Å²) >= 11 is 0. The van der Waals surface area contributed by atoms with Crippen molar-refractivity contribution in [3.05, 3.63) is 41.6 Å². The molecule has 0 bridgehead atoms. The highest BCUT2D eigenvalue weighted by Crippen LogP contribution is 2.08. The first-order chi connectivity index (χ1) is 4.97. The Morgan fingerprint density at radius 1 is 1.10 bits per heavy atom. The van der Waals surface area contributed by atoms with Crippen LogP contribution < -0.4 is 4.99 Å². The number of nitrogens with zero attached hydrogens (tertiary/aromatic N) is 1. The SMILES string of the molecule is [C]1=Cc2ccccc2C=[N+]1. The summed E-state index contributed by atoms with van der Waals surface area (Å²) in [5, 5.41) is 0. The third-order valence-corrected chi connectivity index (χ3v) is 1.49. The van der Waals surface area contributed by atoms with E-state index in [1.54, 1.807) is 0 Å². The van der Waals surface area contributed by atoms with E-state index in [4.69, 9.17) is 0 Å². The van der Waals surface area contributed by atoms with E-state index in [2.05, 4.69) is 11.2 Å². The van der Waals surface area contributed by atoms with Gasteiger partial charge in [0.2, 0.25) is 0 Å². The van der Waals surface area contributed by atoms with Crippen LogP contribution in [0.3, 0.4) is 0 Å². The Hall–Kier alpha value is -1.37. The maximum atomic E-state index is 3.89. The van der Waals surface area contributed by atoms with Gasteiger partial charge in [0.1, 0.15) is 0 Å². The first-order valence-corrected chi connectivity index (χ1v) is 3.18. The fourth-order valence-corrected chi connectivity index (χ4v) is 0.974. The number of aliphatic imine (C=N–C) groups is 1. The van der Waals surface area contributed by atoms with Crippen LogP contribution in [0.2, 0.25) is 0 Å². The molecule has 2 rings (SSSR count). The molecule has 0 saturated carbocycles. The quantitative estimate of drug-likeness (QED) is 0.499. The maximum Gasteiger partial charge on any atom is 0.355 e. The molecule has 0 N–H and O–H groups in total. The molecule has 1 aromatic carbocycles. The summed E-state index contributed by atoms with van der Waals surface area (Å²) in [6, 6.07) is 8.10. The third-order valence-electron chi connectivity index (χ3n) is 1.49. The van der Waals surface area contributed by atoms with Crippen LogP contribution in [0.25, 0.3) is 6.08 Å². The van der Waals surface area contributed by atoms with Crippen molar-refractivity contribution in [2.24, 2.45) is 0 Å². The van der Waals surface area contributed by atoms with Crippen molar-refractivity contribution >= 4 is 12.3 Å². The van der Waals surface area contributed by atoms with Gasteiger partial charge in [0.25, 0.3) is 6.21 Å². The Balaban J connectivity index is 2.65. The molecule has 46 valence electrons. The Kier molecular flexibility index (Phi) is 1.14. The summed E-state index contributed by atoms with van der Waals surface area (Å²) < 4.78 is 0. The van der Waals surface area contributed by atoms with Crippen LogP contribution in [0.5, 0.6) is 0 Å². The zero-order valence-corrected chi connectivity index (χ0v) is 5.41. The molecule has 1 nitrogen and oxygen atoms in total. The van der Waals surface area contributed by atoms with E-state index in [0.717, 1.165) is 0 Å². The molecule has 0 aromatic heterocycles. The molecule has 1 aliphatic rings. The Morgan fingerprint density at radius 2 is 1.90 bits per heavy atom. The summed E-state index contributed by atoms with van der Waals surface area (Å²) in [7, 11) is 0. The van der Waals surface area contributed by atoms with Crippen molar-refractivity contribution in [3.8, 4) is 0 Å². The predicted molar refractivity (Wildman–Crippen MR) is 41.4 cm³/mol. The predicted octanol–water partition coefficient (Wildman–Crippen LogP) is 1.23. The van der Waals surface area contributed by atoms with Crippen LogP contribution in [-0.4, -0.2) is 6.21 Å². The molecule has 2 radical (unpaired) electrons. The highest BCUT2D eigenvalue weighted by Gasteiger charge is 2.05. The average molecular weight is 128 g/mol. The zero-order valence-electron chi connectivity index (χ0n) is 5.41. The van der Waals surface area contributed by atoms with E-state index in [0.29, 0.717) is 0 Å². The number of benzene rings is 1. The van der Waals surface area contributed by atoms with Gasteiger partial charge in [0.05, 0.1) is 10.6 Å². The van der Waals surface area contributed by atoms with Crippen molar-refractivity contribution in [2.45, 2.75) is 0 Å². The lowest BCUT2D eigenvalue weighted by Gasteiger charge is -1.94. The van der Waals surface area contributed by atoms with Gasteiger partial charge in [-0.2, -0.15) is 0 Å². The smallest absolute Gasteiger partial charge is 0.0616 e. The second-order valence-electron chi connectivity index (χ2n) is 2.16. The third kappa shape index (κ3) is 0.760. The van der Waals surface area contributed by atoms with Crippen molar-refractivity contribution in [1.82, 2.24) is 4.99 Å². The lowest BCUT2D eigenvalue weighted by atomic mass is 10.1. The molecule has 1 heteroatoms. The second-order valence-corrected chi connectivity index (χ2v) is 2.16. The van der Waals surface area contributed by atoms with Gasteiger partial charge in [-0.15, -0.1) is 0 Å². The van der Waals surface area contributed by atoms with Gasteiger partial charge in [0.15, 0.2) is 0 Å². The van der Waals surface area contributed by atoms with Crippen molar-refractivity contribution in [1.29, 1.82) is 0 Å². The largest absolute Gasteiger partial charge is 0.355 e. The fourth-order valence-electron chi connectivity index (χ4n) is 0.974. The van der Waals surface area contributed by atoms with Gasteiger partial charge in [-0.25, -0.2) is 0 Å². The van der Waals surface area contributed by atoms with Crippen LogP contribution in [0, 0.1) is 6.20 Å². The molecule has 0 unspecified atom stereocenters. The van der Waals surface area contributed by atoms with Gasteiger partial charge in [-0.05, 0) is 11.6 Å². The van der Waals surface area contributed by atoms with Gasteiger partial charge >= 0.3 is 6.20 Å². The summed E-state index contributed by atoms with van der Waals surface area (Å²) in [4.78, 5) is 3.89. The molecule has 1 heterocycles. The minimum absolute atomic E-state index is 1.17. The Bertz CT molecular complexity index is 266. The van der Waals surface area contributed by atoms with Crippen LogP contribution in [0.4, 0.5) is 0 Å². The van der Waals surface area contributed by atoms with Gasteiger partial charge in [-0.3, -0.25) is 0 Å². The minimum atomic E-state index is 1.17. The first-order valence-electron chi connectivity index (χ1n) is 3.18. The maximum absolute atomic E-state index is 3.89. The van der Waals surface area contributed by atoms with E-state index in [1.807, 2.05) is 36.6 Å². The fraction of sp³-hybridized carbons (Fsp3) is 0. The summed E-state index contributed by atoms with van der Waals surface area (Å²) in [5.74, 6) is 0. The molecule has 0 fully saturated rings. The van der Waals surface area contributed by atoms with Crippen molar-refractivity contribution in [3.63, 3.8) is 0 Å². The number of fused-ring (bicyclic) bond motifs is 1. The molecular weight excluding hydrogens is 122 g/mol. The minimum Gasteiger partial charge on any atom is -0.0616 e. The van der Waals surface area contributed by atoms with E-state index < -0.39 is 0 Å². The van der Waals surface area contributed by atoms with Crippen molar-refractivity contribution < 1.29 is 0 Å². The topological polar surface area (TPSA) is 14.1 Å². The molecule has 0 spiro atoms. The molecule has 1 aromatic rings. The standard InChI is InChI=1S/C9H6N/c1-2-4-9-7-10-6-5-8(9)3-1/h1-5,7H/q+1. The Morgan fingerprint density at radius 3 is 2.70 bits per heavy atom. The van der Waals surface area contributed by atoms with Gasteiger partial charge < -0.3 is 0 Å². The molecule has 1 aliphatic heterocycles. The first kappa shape index (κ1) is 5.42. The highest BCUT2D eigenvalue weighted by atomic mass is 14.7. The molecular formula is C9H6N+. The number of hydrogen-bond donors (Lipinski definition) is 0. The summed E-state index contributed by atoms with van der Waals surface area (Å²) in [6.45, 7) is 0. The lowest BCUT2D eigenvalue weighted by molar-refractivity contribution is 1.33. The number of rotatable bonds is 0. The van der Waals surface area contributed by atoms with Gasteiger partial charge in [0, 0.05) is 6.08 Å². The van der Waals surface area contributed by atoms with E-state index in [-0.39, 0.29) is 0 Å². The van der Waals surface area contributed by atoms with Crippen LogP contribution in [-0.2, 0) is 0 Å². The molecule has 0 atom stereocenters. The summed E-state index contributed by atoms with van der Waals surface area (Å²) in [5.41, 5.74) is 2.36. The number of hydrogen-bond acceptors (Lipinski definition) is 1.